The van der Waals surface area contributed by atoms with Gasteiger partial charge in [0.25, 0.3) is 0 Å². The highest BCUT2D eigenvalue weighted by Crippen LogP contribution is 2.24. The highest BCUT2D eigenvalue weighted by molar-refractivity contribution is 7.89. The van der Waals surface area contributed by atoms with Crippen LogP contribution in [0.25, 0.3) is 11.3 Å². The quantitative estimate of drug-likeness (QED) is 0.658. The van der Waals surface area contributed by atoms with Crippen LogP contribution in [0.2, 0.25) is 5.02 Å². The molecule has 0 bridgehead atoms. The van der Waals surface area contributed by atoms with Gasteiger partial charge in [0.15, 0.2) is 5.13 Å². The molecular formula is C17H15ClN4O3S2. The predicted molar refractivity (Wildman–Crippen MR) is 105 cm³/mol. The third kappa shape index (κ3) is 4.69. The number of pyridine rings is 1. The summed E-state index contributed by atoms with van der Waals surface area (Å²) < 4.78 is 26.0. The summed E-state index contributed by atoms with van der Waals surface area (Å²) >= 11 is 7.03. The Morgan fingerprint density at radius 3 is 2.67 bits per heavy atom. The molecule has 1 amide bonds. The molecule has 27 heavy (non-hydrogen) atoms. The van der Waals surface area contributed by atoms with Crippen molar-refractivity contribution >= 4 is 44.0 Å². The Bertz CT molecular complexity index is 1040. The minimum atomic E-state index is -3.79. The zero-order valence-corrected chi connectivity index (χ0v) is 16.6. The lowest BCUT2D eigenvalue weighted by Crippen LogP contribution is -2.34. The van der Waals surface area contributed by atoms with Crippen LogP contribution < -0.4 is 5.32 Å². The average molecular weight is 423 g/mol. The van der Waals surface area contributed by atoms with Gasteiger partial charge in [0.05, 0.1) is 17.1 Å². The summed E-state index contributed by atoms with van der Waals surface area (Å²) in [5.41, 5.74) is 1.52. The largest absolute Gasteiger partial charge is 0.301 e. The molecule has 0 fully saturated rings. The lowest BCUT2D eigenvalue weighted by atomic mass is 10.2. The van der Waals surface area contributed by atoms with Crippen molar-refractivity contribution in [2.45, 2.75) is 4.90 Å². The van der Waals surface area contributed by atoms with Gasteiger partial charge in [0.1, 0.15) is 0 Å². The van der Waals surface area contributed by atoms with Gasteiger partial charge >= 0.3 is 0 Å². The molecule has 2 heterocycles. The van der Waals surface area contributed by atoms with E-state index in [2.05, 4.69) is 15.3 Å². The molecule has 0 saturated carbocycles. The molecule has 1 N–H and O–H groups in total. The molecule has 1 aromatic carbocycles. The molecule has 0 aliphatic heterocycles. The Kier molecular flexibility index (Phi) is 5.85. The number of anilines is 1. The molecule has 0 aliphatic carbocycles. The number of aromatic nitrogens is 2. The van der Waals surface area contributed by atoms with Gasteiger partial charge in [-0.1, -0.05) is 11.6 Å². The van der Waals surface area contributed by atoms with Crippen molar-refractivity contribution in [3.8, 4) is 11.3 Å². The molecule has 0 spiro atoms. The molecule has 7 nitrogen and oxygen atoms in total. The Morgan fingerprint density at radius 1 is 1.26 bits per heavy atom. The Hall–Kier alpha value is -2.33. The maximum Gasteiger partial charge on any atom is 0.243 e. The normalized spacial score (nSPS) is 11.5. The van der Waals surface area contributed by atoms with Crippen LogP contribution in [0.5, 0.6) is 0 Å². The molecule has 140 valence electrons. The number of rotatable bonds is 6. The number of hydrogen-bond donors (Lipinski definition) is 1. The number of amides is 1. The van der Waals surface area contributed by atoms with Gasteiger partial charge in [0, 0.05) is 35.4 Å². The molecule has 0 radical (unpaired) electrons. The maximum atomic E-state index is 12.5. The second-order valence-corrected chi connectivity index (χ2v) is 8.88. The first kappa shape index (κ1) is 19.4. The van der Waals surface area contributed by atoms with E-state index in [4.69, 9.17) is 11.6 Å². The minimum Gasteiger partial charge on any atom is -0.301 e. The zero-order chi connectivity index (χ0) is 19.4. The van der Waals surface area contributed by atoms with E-state index < -0.39 is 15.9 Å². The van der Waals surface area contributed by atoms with Gasteiger partial charge in [-0.05, 0) is 36.4 Å². The Labute approximate surface area is 165 Å². The summed E-state index contributed by atoms with van der Waals surface area (Å²) in [5.74, 6) is -0.484. The van der Waals surface area contributed by atoms with Crippen molar-refractivity contribution in [3.05, 3.63) is 59.2 Å². The van der Waals surface area contributed by atoms with Crippen molar-refractivity contribution < 1.29 is 13.2 Å². The standard InChI is InChI=1S/C17H15ClN4O3S2/c1-22(27(24,25)14-6-4-13(18)5-7-14)10-16(23)21-17-20-15(11-26-17)12-3-2-8-19-9-12/h2-9,11H,10H2,1H3,(H,20,21,23). The average Bonchev–Trinajstić information content (AvgIpc) is 3.11. The van der Waals surface area contributed by atoms with Crippen LogP contribution in [-0.2, 0) is 14.8 Å². The monoisotopic (exact) mass is 422 g/mol. The van der Waals surface area contributed by atoms with Crippen molar-refractivity contribution in [3.63, 3.8) is 0 Å². The van der Waals surface area contributed by atoms with Crippen molar-refractivity contribution in [1.82, 2.24) is 14.3 Å². The van der Waals surface area contributed by atoms with Gasteiger partial charge in [-0.15, -0.1) is 11.3 Å². The molecule has 0 unspecified atom stereocenters. The minimum absolute atomic E-state index is 0.0651. The van der Waals surface area contributed by atoms with Crippen molar-refractivity contribution in [1.29, 1.82) is 0 Å². The second-order valence-electron chi connectivity index (χ2n) is 5.54. The third-order valence-corrected chi connectivity index (χ3v) is 6.42. The van der Waals surface area contributed by atoms with Crippen molar-refractivity contribution in [2.75, 3.05) is 18.9 Å². The molecule has 2 aromatic heterocycles. The zero-order valence-electron chi connectivity index (χ0n) is 14.2. The first-order chi connectivity index (χ1) is 12.9. The summed E-state index contributed by atoms with van der Waals surface area (Å²) in [4.78, 5) is 20.6. The van der Waals surface area contributed by atoms with Crippen LogP contribution in [0.1, 0.15) is 0 Å². The number of halogens is 1. The highest BCUT2D eigenvalue weighted by atomic mass is 35.5. The van der Waals surface area contributed by atoms with E-state index in [1.165, 1.54) is 42.6 Å². The highest BCUT2D eigenvalue weighted by Gasteiger charge is 2.23. The summed E-state index contributed by atoms with van der Waals surface area (Å²) in [5, 5.41) is 5.23. The number of nitrogens with one attached hydrogen (secondary N) is 1. The van der Waals surface area contributed by atoms with E-state index in [9.17, 15) is 13.2 Å². The van der Waals surface area contributed by atoms with E-state index in [0.717, 1.165) is 9.87 Å². The van der Waals surface area contributed by atoms with Gasteiger partial charge in [-0.25, -0.2) is 13.4 Å². The van der Waals surface area contributed by atoms with Gasteiger partial charge in [-0.3, -0.25) is 9.78 Å². The number of carbonyl (C=O) groups is 1. The van der Waals surface area contributed by atoms with Crippen LogP contribution >= 0.6 is 22.9 Å². The molecular weight excluding hydrogens is 408 g/mol. The number of thiazole rings is 1. The van der Waals surface area contributed by atoms with E-state index in [1.807, 2.05) is 6.07 Å². The predicted octanol–water partition coefficient (Wildman–Crippen LogP) is 3.12. The van der Waals surface area contributed by atoms with E-state index in [1.54, 1.807) is 23.8 Å². The third-order valence-electron chi connectivity index (χ3n) is 3.60. The van der Waals surface area contributed by atoms with Gasteiger partial charge in [-0.2, -0.15) is 4.31 Å². The number of benzene rings is 1. The van der Waals surface area contributed by atoms with Crippen LogP contribution in [0, 0.1) is 0 Å². The summed E-state index contributed by atoms with van der Waals surface area (Å²) in [6.07, 6.45) is 3.34. The van der Waals surface area contributed by atoms with Crippen LogP contribution in [-0.4, -0.2) is 42.2 Å². The molecule has 0 atom stereocenters. The summed E-state index contributed by atoms with van der Waals surface area (Å²) in [7, 11) is -2.45. The number of sulfonamides is 1. The topological polar surface area (TPSA) is 92.3 Å². The van der Waals surface area contributed by atoms with Crippen LogP contribution in [0.3, 0.4) is 0 Å². The van der Waals surface area contributed by atoms with E-state index in [0.29, 0.717) is 15.8 Å². The Balaban J connectivity index is 1.65. The molecule has 0 saturated heterocycles. The molecule has 3 aromatic rings. The number of hydrogen-bond acceptors (Lipinski definition) is 6. The number of carbonyl (C=O) groups excluding carboxylic acids is 1. The number of likely N-dealkylation sites (N-methyl/N-ethyl adjacent to an activating group) is 1. The Morgan fingerprint density at radius 2 is 2.00 bits per heavy atom. The lowest BCUT2D eigenvalue weighted by molar-refractivity contribution is -0.116. The SMILES string of the molecule is CN(CC(=O)Nc1nc(-c2cccnc2)cs1)S(=O)(=O)c1ccc(Cl)cc1. The molecule has 0 aliphatic rings. The second kappa shape index (κ2) is 8.13. The first-order valence-electron chi connectivity index (χ1n) is 7.74. The smallest absolute Gasteiger partial charge is 0.243 e. The maximum absolute atomic E-state index is 12.5. The van der Waals surface area contributed by atoms with Gasteiger partial charge < -0.3 is 5.32 Å². The molecule has 3 rings (SSSR count). The van der Waals surface area contributed by atoms with Crippen LogP contribution in [0.15, 0.2) is 59.1 Å². The lowest BCUT2D eigenvalue weighted by Gasteiger charge is -2.16. The fourth-order valence-electron chi connectivity index (χ4n) is 2.21. The van der Waals surface area contributed by atoms with Gasteiger partial charge in [0.2, 0.25) is 15.9 Å². The fourth-order valence-corrected chi connectivity index (χ4v) is 4.20. The van der Waals surface area contributed by atoms with E-state index >= 15 is 0 Å². The fraction of sp³-hybridized carbons (Fsp3) is 0.118. The first-order valence-corrected chi connectivity index (χ1v) is 10.4. The van der Waals surface area contributed by atoms with E-state index in [-0.39, 0.29) is 11.4 Å². The molecule has 10 heteroatoms. The van der Waals surface area contributed by atoms with Crippen LogP contribution in [0.4, 0.5) is 5.13 Å². The summed E-state index contributed by atoms with van der Waals surface area (Å²) in [6, 6.07) is 9.42. The number of nitrogens with zero attached hydrogens (tertiary/aromatic N) is 3. The van der Waals surface area contributed by atoms with Crippen molar-refractivity contribution in [2.24, 2.45) is 0 Å². The summed E-state index contributed by atoms with van der Waals surface area (Å²) in [6.45, 7) is -0.341.